The molecule has 0 rings (SSSR count). The average Bonchev–Trinajstić information content (AvgIpc) is 1.35. The number of nitrogens with one attached hydrogen (secondary N) is 1. The van der Waals surface area contributed by atoms with Crippen LogP contribution in [0.25, 0.3) is 0 Å². The summed E-state index contributed by atoms with van der Waals surface area (Å²) >= 11 is 3.44. The van der Waals surface area contributed by atoms with Crippen LogP contribution in [0.15, 0.2) is 0 Å². The predicted molar refractivity (Wildman–Crippen MR) is 29.1 cm³/mol. The normalized spacial score (nSPS) is 7.10. The summed E-state index contributed by atoms with van der Waals surface area (Å²) in [6.45, 7) is 0. The van der Waals surface area contributed by atoms with E-state index in [-0.39, 0.29) is 21.9 Å². The Morgan fingerprint density at radius 2 is 1.20 bits per heavy atom. The van der Waals surface area contributed by atoms with Gasteiger partial charge in [-0.2, -0.15) is 0 Å². The molecule has 0 spiro atoms. The third kappa shape index (κ3) is 41.5. The van der Waals surface area contributed by atoms with Crippen LogP contribution in [0.1, 0.15) is 0 Å². The van der Waals surface area contributed by atoms with Gasteiger partial charge in [-0.3, -0.25) is 0 Å². The Morgan fingerprint density at radius 3 is 1.20 bits per heavy atom. The molecule has 0 atom stereocenters. The first-order chi connectivity index (χ1) is 2.56. The molecule has 0 aliphatic heterocycles. The molecule has 0 aliphatic carbocycles. The fourth-order valence-corrected chi connectivity index (χ4v) is 0. The van der Waals surface area contributed by atoms with Crippen molar-refractivity contribution in [3.63, 3.8) is 0 Å². The van der Waals surface area contributed by atoms with Crippen LogP contribution >= 0.6 is 0 Å². The van der Waals surface area contributed by atoms with Crippen molar-refractivity contribution in [1.82, 2.24) is 3.80 Å². The monoisotopic (exact) mass is 226 g/mol. The summed E-state index contributed by atoms with van der Waals surface area (Å²) in [6.07, 6.45) is 0. The van der Waals surface area contributed by atoms with E-state index in [1.807, 2.05) is 0 Å². The van der Waals surface area contributed by atoms with E-state index in [4.69, 9.17) is 4.55 Å². The van der Waals surface area contributed by atoms with Crippen LogP contribution in [-0.2, 0) is 26.0 Å². The topological polar surface area (TPSA) is 192 Å². The van der Waals surface area contributed by atoms with E-state index in [1.165, 1.54) is 3.80 Å². The van der Waals surface area contributed by atoms with Gasteiger partial charge in [0.25, 0.3) is 0 Å². The van der Waals surface area contributed by atoms with Crippen molar-refractivity contribution < 1.29 is 50.6 Å². The van der Waals surface area contributed by atoms with Crippen molar-refractivity contribution >= 4 is 10.3 Å². The molecule has 0 aromatic carbocycles. The Hall–Kier alpha value is 0.204. The van der Waals surface area contributed by atoms with Gasteiger partial charge in [-0.1, -0.05) is 0 Å². The van der Waals surface area contributed by atoms with E-state index >= 15 is 0 Å². The third-order valence-electron chi connectivity index (χ3n) is 0.0816. The minimum absolute atomic E-state index is 0. The van der Waals surface area contributed by atoms with Crippen molar-refractivity contribution in [1.29, 1.82) is 0 Å². The van der Waals surface area contributed by atoms with Crippen molar-refractivity contribution in [2.24, 2.45) is 0 Å². The molecule has 10 heavy (non-hydrogen) atoms. The van der Waals surface area contributed by atoms with E-state index in [0.29, 0.717) is 0 Å². The quantitative estimate of drug-likeness (QED) is 0.337. The van der Waals surface area contributed by atoms with Crippen LogP contribution in [0, 0.1) is 0 Å². The molecule has 0 unspecified atom stereocenters. The molecule has 0 aromatic heterocycles. The van der Waals surface area contributed by atoms with Gasteiger partial charge in [-0.25, -0.2) is 0 Å². The van der Waals surface area contributed by atoms with Crippen molar-refractivity contribution in [3.05, 3.63) is 0 Å². The van der Waals surface area contributed by atoms with Crippen molar-refractivity contribution in [2.45, 2.75) is 0 Å². The second-order valence-electron chi connectivity index (χ2n) is 0.540. The summed E-state index contributed by atoms with van der Waals surface area (Å²) in [6, 6.07) is 0. The molecule has 73 valence electrons. The molecule has 0 saturated heterocycles. The summed E-state index contributed by atoms with van der Waals surface area (Å²) in [4.78, 5) is 0. The molecule has 0 aliphatic rings. The second-order valence-corrected chi connectivity index (χ2v) is 2.22. The molecule has 8 nitrogen and oxygen atoms in total. The van der Waals surface area contributed by atoms with E-state index < -0.39 is 10.3 Å². The van der Waals surface area contributed by atoms with Gasteiger partial charge in [0.2, 0.25) is 0 Å². The van der Waals surface area contributed by atoms with Gasteiger partial charge in [-0.15, -0.1) is 0 Å². The van der Waals surface area contributed by atoms with E-state index in [0.717, 1.165) is 0 Å². The van der Waals surface area contributed by atoms with E-state index in [1.54, 1.807) is 0 Å². The summed E-state index contributed by atoms with van der Waals surface area (Å²) < 4.78 is 27.6. The first kappa shape index (κ1) is 31.9. The number of hydrogen-bond donors (Lipinski definition) is 2. The molecule has 0 radical (unpaired) electrons. The fraction of sp³-hybridized carbons (Fsp3) is 0. The van der Waals surface area contributed by atoms with Gasteiger partial charge in [0.15, 0.2) is 0 Å². The number of rotatable bonds is 1. The van der Waals surface area contributed by atoms with Gasteiger partial charge in [0.05, 0.1) is 0 Å². The SMILES string of the molecule is O.O.O.O.O=S(=O)(O)[NH][Ni]. The standard InChI is InChI=1S/H2NO3S.Ni.4H2O/c1-5(2,3)4;;;;;/h(H2-,1,2,3,4);;4*1H2/q-1;+1;;;;. The van der Waals surface area contributed by atoms with Gasteiger partial charge in [0.1, 0.15) is 0 Å². The summed E-state index contributed by atoms with van der Waals surface area (Å²) in [5.74, 6) is 0. The molecule has 10 N–H and O–H groups in total. The maximum absolute atomic E-state index is 9.35. The molecule has 0 fully saturated rings. The van der Waals surface area contributed by atoms with E-state index in [2.05, 4.69) is 15.7 Å². The van der Waals surface area contributed by atoms with Crippen molar-refractivity contribution in [3.8, 4) is 0 Å². The molecule has 10 heteroatoms. The second kappa shape index (κ2) is 11.9. The van der Waals surface area contributed by atoms with E-state index in [9.17, 15) is 8.42 Å². The third-order valence-corrected chi connectivity index (χ3v) is 1.01. The van der Waals surface area contributed by atoms with Gasteiger partial charge in [0, 0.05) is 0 Å². The fourth-order valence-electron chi connectivity index (χ4n) is 0. The van der Waals surface area contributed by atoms with Crippen LogP contribution in [-0.4, -0.2) is 34.9 Å². The zero-order chi connectivity index (χ0) is 5.21. The Bertz CT molecular complexity index is 116. The van der Waals surface area contributed by atoms with Gasteiger partial charge >= 0.3 is 42.8 Å². The molecular weight excluding hydrogens is 217 g/mol. The van der Waals surface area contributed by atoms with Crippen LogP contribution in [0.3, 0.4) is 0 Å². The molecule has 0 heterocycles. The molecule has 0 amide bonds. The first-order valence-electron chi connectivity index (χ1n) is 0.878. The molecule has 0 aromatic rings. The first-order valence-corrected chi connectivity index (χ1v) is 2.81. The molecular formula is H10NNiO7S. The minimum atomic E-state index is -4.08. The van der Waals surface area contributed by atoms with Crippen LogP contribution in [0.4, 0.5) is 0 Å². The Balaban J connectivity index is -0.0000000208. The van der Waals surface area contributed by atoms with Crippen LogP contribution in [0.2, 0.25) is 0 Å². The summed E-state index contributed by atoms with van der Waals surface area (Å²) in [5.41, 5.74) is 0. The zero-order valence-corrected chi connectivity index (χ0v) is 6.29. The molecule has 0 saturated carbocycles. The van der Waals surface area contributed by atoms with Crippen LogP contribution < -0.4 is 3.80 Å². The predicted octanol–water partition coefficient (Wildman–Crippen LogP) is -4.46. The Kier molecular flexibility index (Phi) is 38.1. The Labute approximate surface area is 65.3 Å². The summed E-state index contributed by atoms with van der Waals surface area (Å²) in [7, 11) is -4.08. The van der Waals surface area contributed by atoms with Crippen molar-refractivity contribution in [2.75, 3.05) is 0 Å². The molecule has 0 bridgehead atoms. The van der Waals surface area contributed by atoms with Gasteiger partial charge in [-0.05, 0) is 0 Å². The van der Waals surface area contributed by atoms with Crippen LogP contribution in [0.5, 0.6) is 0 Å². The van der Waals surface area contributed by atoms with Gasteiger partial charge < -0.3 is 21.9 Å². The number of hydrogen-bond acceptors (Lipinski definition) is 2. The summed E-state index contributed by atoms with van der Waals surface area (Å²) in [5, 5.41) is 0. The Morgan fingerprint density at radius 1 is 1.10 bits per heavy atom. The maximum atomic E-state index is 9.35. The average molecular weight is 227 g/mol. The zero-order valence-electron chi connectivity index (χ0n) is 4.49.